The molecule has 1 aliphatic rings. The molecule has 0 spiro atoms. The van der Waals surface area contributed by atoms with Crippen molar-refractivity contribution in [3.8, 4) is 0 Å². The van der Waals surface area contributed by atoms with Crippen molar-refractivity contribution in [2.45, 2.75) is 11.9 Å². The molecule has 1 aliphatic heterocycles. The molecule has 0 aromatic rings. The van der Waals surface area contributed by atoms with Crippen LogP contribution in [0.5, 0.6) is 0 Å². The van der Waals surface area contributed by atoms with E-state index >= 15 is 0 Å². The fourth-order valence-corrected chi connectivity index (χ4v) is 1.90. The fourth-order valence-electron chi connectivity index (χ4n) is 0.850. The van der Waals surface area contributed by atoms with E-state index in [1.807, 2.05) is 0 Å². The second-order valence-corrected chi connectivity index (χ2v) is 4.18. The molecule has 0 aromatic carbocycles. The average Bonchev–Trinajstić information content (AvgIpc) is 2.33. The minimum atomic E-state index is -0.224. The van der Waals surface area contributed by atoms with Gasteiger partial charge in [-0.3, -0.25) is 4.79 Å². The van der Waals surface area contributed by atoms with Gasteiger partial charge in [0, 0.05) is 6.61 Å². The number of hydrogen-bond acceptors (Lipinski definition) is 4. The molecule has 0 bridgehead atoms. The Morgan fingerprint density at radius 3 is 3.33 bits per heavy atom. The Balaban J connectivity index is 2.24. The highest BCUT2D eigenvalue weighted by molar-refractivity contribution is 9.09. The third kappa shape index (κ3) is 3.78. The summed E-state index contributed by atoms with van der Waals surface area (Å²) in [7, 11) is 0. The van der Waals surface area contributed by atoms with E-state index in [4.69, 9.17) is 9.47 Å². The Morgan fingerprint density at radius 2 is 2.58 bits per heavy atom. The summed E-state index contributed by atoms with van der Waals surface area (Å²) in [5.74, 6) is 0.776. The standard InChI is InChI=1S/C7H11BrO3S/c8-4-6(9)11-7-5-10-2-1-3-12-7/h7H,1-5H2. The van der Waals surface area contributed by atoms with Gasteiger partial charge in [0.25, 0.3) is 0 Å². The quantitative estimate of drug-likeness (QED) is 0.552. The first-order valence-electron chi connectivity index (χ1n) is 3.77. The van der Waals surface area contributed by atoms with Crippen LogP contribution in [0.4, 0.5) is 0 Å². The molecule has 70 valence electrons. The summed E-state index contributed by atoms with van der Waals surface area (Å²) in [6.07, 6.45) is 1.03. The topological polar surface area (TPSA) is 35.5 Å². The number of alkyl halides is 1. The van der Waals surface area contributed by atoms with Crippen LogP contribution in [-0.4, -0.2) is 35.7 Å². The van der Waals surface area contributed by atoms with Gasteiger partial charge in [-0.1, -0.05) is 15.9 Å². The number of esters is 1. The first-order chi connectivity index (χ1) is 5.83. The molecule has 0 radical (unpaired) electrons. The van der Waals surface area contributed by atoms with Crippen LogP contribution in [0, 0.1) is 0 Å². The zero-order chi connectivity index (χ0) is 8.81. The molecule has 1 atom stereocenters. The highest BCUT2D eigenvalue weighted by Crippen LogP contribution is 2.17. The van der Waals surface area contributed by atoms with Gasteiger partial charge in [0.05, 0.1) is 6.61 Å². The zero-order valence-electron chi connectivity index (χ0n) is 6.62. The van der Waals surface area contributed by atoms with Crippen LogP contribution in [0.25, 0.3) is 0 Å². The van der Waals surface area contributed by atoms with Crippen molar-refractivity contribution in [1.82, 2.24) is 0 Å². The van der Waals surface area contributed by atoms with E-state index in [0.29, 0.717) is 6.61 Å². The molecule has 0 saturated carbocycles. The van der Waals surface area contributed by atoms with Gasteiger partial charge in [0.1, 0.15) is 5.33 Å². The minimum absolute atomic E-state index is 0.113. The Labute approximate surface area is 84.3 Å². The summed E-state index contributed by atoms with van der Waals surface area (Å²) in [4.78, 5) is 10.9. The lowest BCUT2D eigenvalue weighted by molar-refractivity contribution is -0.143. The zero-order valence-corrected chi connectivity index (χ0v) is 9.03. The monoisotopic (exact) mass is 254 g/mol. The molecule has 12 heavy (non-hydrogen) atoms. The SMILES string of the molecule is O=C(CBr)OC1COCCCS1. The van der Waals surface area contributed by atoms with Crippen LogP contribution in [0.15, 0.2) is 0 Å². The van der Waals surface area contributed by atoms with Gasteiger partial charge < -0.3 is 9.47 Å². The molecule has 0 aromatic heterocycles. The second-order valence-electron chi connectivity index (χ2n) is 2.35. The molecule has 0 N–H and O–H groups in total. The Kier molecular flexibility index (Phi) is 5.02. The third-order valence-electron chi connectivity index (χ3n) is 1.36. The largest absolute Gasteiger partial charge is 0.448 e. The summed E-state index contributed by atoms with van der Waals surface area (Å²) >= 11 is 4.68. The smallest absolute Gasteiger partial charge is 0.317 e. The van der Waals surface area contributed by atoms with Crippen LogP contribution in [-0.2, 0) is 14.3 Å². The van der Waals surface area contributed by atoms with Crippen molar-refractivity contribution in [2.75, 3.05) is 24.3 Å². The molecule has 5 heteroatoms. The molecule has 1 fully saturated rings. The van der Waals surface area contributed by atoms with Crippen LogP contribution in [0.2, 0.25) is 0 Å². The second kappa shape index (κ2) is 5.83. The molecular formula is C7H11BrO3S. The third-order valence-corrected chi connectivity index (χ3v) is 2.95. The first kappa shape index (κ1) is 10.3. The highest BCUT2D eigenvalue weighted by atomic mass is 79.9. The average molecular weight is 255 g/mol. The van der Waals surface area contributed by atoms with Crippen LogP contribution in [0.1, 0.15) is 6.42 Å². The Morgan fingerprint density at radius 1 is 1.75 bits per heavy atom. The normalized spacial score (nSPS) is 24.6. The van der Waals surface area contributed by atoms with Crippen molar-refractivity contribution in [3.05, 3.63) is 0 Å². The number of hydrogen-bond donors (Lipinski definition) is 0. The molecule has 1 saturated heterocycles. The van der Waals surface area contributed by atoms with E-state index in [1.54, 1.807) is 11.8 Å². The summed E-state index contributed by atoms with van der Waals surface area (Å²) in [5.41, 5.74) is -0.113. The van der Waals surface area contributed by atoms with Crippen LogP contribution in [0.3, 0.4) is 0 Å². The molecule has 1 heterocycles. The number of carbonyl (C=O) groups is 1. The van der Waals surface area contributed by atoms with E-state index in [-0.39, 0.29) is 16.7 Å². The molecular weight excluding hydrogens is 244 g/mol. The van der Waals surface area contributed by atoms with Gasteiger partial charge in [-0.05, 0) is 12.2 Å². The summed E-state index contributed by atoms with van der Waals surface area (Å²) in [5, 5.41) is 0.254. The van der Waals surface area contributed by atoms with Crippen molar-refractivity contribution in [1.29, 1.82) is 0 Å². The Hall–Kier alpha value is 0.260. The maximum atomic E-state index is 10.9. The van der Waals surface area contributed by atoms with Crippen molar-refractivity contribution in [3.63, 3.8) is 0 Å². The maximum absolute atomic E-state index is 10.9. The van der Waals surface area contributed by atoms with E-state index < -0.39 is 0 Å². The van der Waals surface area contributed by atoms with Crippen molar-refractivity contribution >= 4 is 33.7 Å². The molecule has 0 amide bonds. The van der Waals surface area contributed by atoms with E-state index in [1.165, 1.54) is 0 Å². The first-order valence-corrected chi connectivity index (χ1v) is 5.94. The minimum Gasteiger partial charge on any atom is -0.448 e. The van der Waals surface area contributed by atoms with Crippen LogP contribution < -0.4 is 0 Å². The van der Waals surface area contributed by atoms with E-state index in [9.17, 15) is 4.79 Å². The molecule has 0 aliphatic carbocycles. The predicted molar refractivity (Wildman–Crippen MR) is 51.6 cm³/mol. The number of carbonyl (C=O) groups excluding carboxylic acids is 1. The van der Waals surface area contributed by atoms with E-state index in [2.05, 4.69) is 15.9 Å². The van der Waals surface area contributed by atoms with Crippen molar-refractivity contribution in [2.24, 2.45) is 0 Å². The predicted octanol–water partition coefficient (Wildman–Crippen LogP) is 1.40. The van der Waals surface area contributed by atoms with Crippen molar-refractivity contribution < 1.29 is 14.3 Å². The fraction of sp³-hybridized carbons (Fsp3) is 0.857. The lowest BCUT2D eigenvalue weighted by Gasteiger charge is -2.12. The number of halogens is 1. The van der Waals surface area contributed by atoms with Gasteiger partial charge in [-0.2, -0.15) is 0 Å². The van der Waals surface area contributed by atoms with E-state index in [0.717, 1.165) is 18.8 Å². The summed E-state index contributed by atoms with van der Waals surface area (Å²) in [6.45, 7) is 1.29. The Bertz CT molecular complexity index is 146. The van der Waals surface area contributed by atoms with Gasteiger partial charge in [-0.15, -0.1) is 11.8 Å². The van der Waals surface area contributed by atoms with Gasteiger partial charge in [0.15, 0.2) is 5.44 Å². The maximum Gasteiger partial charge on any atom is 0.317 e. The van der Waals surface area contributed by atoms with Gasteiger partial charge >= 0.3 is 5.97 Å². The lowest BCUT2D eigenvalue weighted by Crippen LogP contribution is -2.19. The number of rotatable bonds is 2. The molecule has 1 unspecified atom stereocenters. The summed E-state index contributed by atoms with van der Waals surface area (Å²) in [6, 6.07) is 0. The number of ether oxygens (including phenoxy) is 2. The molecule has 1 rings (SSSR count). The van der Waals surface area contributed by atoms with Gasteiger partial charge in [-0.25, -0.2) is 0 Å². The highest BCUT2D eigenvalue weighted by Gasteiger charge is 2.16. The lowest BCUT2D eigenvalue weighted by atomic mass is 10.5. The summed E-state index contributed by atoms with van der Waals surface area (Å²) < 4.78 is 10.3. The molecule has 3 nitrogen and oxygen atoms in total. The van der Waals surface area contributed by atoms with Crippen LogP contribution >= 0.6 is 27.7 Å². The number of thioether (sulfide) groups is 1. The van der Waals surface area contributed by atoms with Gasteiger partial charge in [0.2, 0.25) is 0 Å².